The summed E-state index contributed by atoms with van der Waals surface area (Å²) in [6.07, 6.45) is 1.88. The van der Waals surface area contributed by atoms with Crippen molar-refractivity contribution in [3.8, 4) is 0 Å². The number of nitrogen functional groups attached to an aromatic ring is 1. The standard InChI is InChI=1S/C19H32N7O6P/c1-11(2)32-19(29)12(3)6-24-33(30,25-14(5)18(27)28)10-31-13(4)7-26-9-23-15-16(20)21-8-22-17(15)26/h8-9,11-14H,6-7,10H2,1-5H3,(H,27,28)(H2,20,21,22)(H2,24,25,30)/t12-,13+,14-,33+/m0/s1. The first-order chi connectivity index (χ1) is 15.4. The molecular weight excluding hydrogens is 453 g/mol. The number of carboxylic acids is 1. The summed E-state index contributed by atoms with van der Waals surface area (Å²) < 4.78 is 26.1. The zero-order chi connectivity index (χ0) is 24.8. The number of carbonyl (C=O) groups is 2. The van der Waals surface area contributed by atoms with Gasteiger partial charge in [-0.1, -0.05) is 6.92 Å². The second-order valence-corrected chi connectivity index (χ2v) is 10.4. The molecule has 2 aromatic rings. The molecule has 0 bridgehead atoms. The molecule has 0 fully saturated rings. The van der Waals surface area contributed by atoms with Gasteiger partial charge in [0.05, 0.1) is 31.0 Å². The lowest BCUT2D eigenvalue weighted by Crippen LogP contribution is -2.39. The van der Waals surface area contributed by atoms with Gasteiger partial charge >= 0.3 is 11.9 Å². The minimum atomic E-state index is -3.54. The van der Waals surface area contributed by atoms with Crippen LogP contribution in [0.15, 0.2) is 12.7 Å². The zero-order valence-corrected chi connectivity index (χ0v) is 20.3. The number of nitrogens with one attached hydrogen (secondary N) is 2. The fraction of sp³-hybridized carbons (Fsp3) is 0.632. The Labute approximate surface area is 191 Å². The maximum atomic E-state index is 13.4. The van der Waals surface area contributed by atoms with Gasteiger partial charge in [0.2, 0.25) is 7.44 Å². The molecule has 5 N–H and O–H groups in total. The number of carboxylic acid groups (broad SMARTS) is 1. The van der Waals surface area contributed by atoms with Crippen LogP contribution in [0.25, 0.3) is 11.2 Å². The van der Waals surface area contributed by atoms with Gasteiger partial charge in [-0.2, -0.15) is 0 Å². The van der Waals surface area contributed by atoms with Gasteiger partial charge in [0.15, 0.2) is 11.5 Å². The number of esters is 1. The summed E-state index contributed by atoms with van der Waals surface area (Å²) in [7, 11) is -3.54. The summed E-state index contributed by atoms with van der Waals surface area (Å²) in [4.78, 5) is 35.6. The van der Waals surface area contributed by atoms with Crippen LogP contribution in [0.4, 0.5) is 5.82 Å². The Hall–Kier alpha value is -2.60. The number of nitrogens with zero attached hydrogens (tertiary/aromatic N) is 4. The highest BCUT2D eigenvalue weighted by molar-refractivity contribution is 7.59. The molecule has 0 saturated heterocycles. The van der Waals surface area contributed by atoms with Crippen LogP contribution in [-0.4, -0.2) is 67.7 Å². The Morgan fingerprint density at radius 1 is 1.21 bits per heavy atom. The Morgan fingerprint density at radius 2 is 1.91 bits per heavy atom. The molecule has 0 aliphatic rings. The van der Waals surface area contributed by atoms with Crippen molar-refractivity contribution in [3.05, 3.63) is 12.7 Å². The molecule has 0 spiro atoms. The second-order valence-electron chi connectivity index (χ2n) is 8.11. The predicted octanol–water partition coefficient (Wildman–Crippen LogP) is 1.20. The van der Waals surface area contributed by atoms with E-state index in [4.69, 9.17) is 15.2 Å². The lowest BCUT2D eigenvalue weighted by Gasteiger charge is -2.26. The van der Waals surface area contributed by atoms with E-state index in [0.717, 1.165) is 0 Å². The molecule has 0 aliphatic carbocycles. The maximum absolute atomic E-state index is 13.4. The zero-order valence-electron chi connectivity index (χ0n) is 19.4. The lowest BCUT2D eigenvalue weighted by molar-refractivity contribution is -0.151. The number of aromatic nitrogens is 4. The van der Waals surface area contributed by atoms with E-state index >= 15 is 0 Å². The summed E-state index contributed by atoms with van der Waals surface area (Å²) in [5, 5.41) is 14.6. The molecule has 2 aromatic heterocycles. The fourth-order valence-corrected chi connectivity index (χ4v) is 4.83. The summed E-state index contributed by atoms with van der Waals surface area (Å²) in [5.41, 5.74) is 6.81. The van der Waals surface area contributed by atoms with E-state index in [-0.39, 0.29) is 24.8 Å². The summed E-state index contributed by atoms with van der Waals surface area (Å²) in [6, 6.07) is -1.10. The topological polar surface area (TPSA) is 184 Å². The molecule has 33 heavy (non-hydrogen) atoms. The van der Waals surface area contributed by atoms with Gasteiger partial charge in [-0.3, -0.25) is 19.2 Å². The highest BCUT2D eigenvalue weighted by atomic mass is 31.2. The molecule has 2 rings (SSSR count). The number of anilines is 1. The normalized spacial score (nSPS) is 16.3. The summed E-state index contributed by atoms with van der Waals surface area (Å²) in [5.74, 6) is -1.95. The van der Waals surface area contributed by atoms with Gasteiger partial charge in [-0.15, -0.1) is 0 Å². The van der Waals surface area contributed by atoms with Gasteiger partial charge in [0.25, 0.3) is 0 Å². The van der Waals surface area contributed by atoms with E-state index in [9.17, 15) is 19.3 Å². The average molecular weight is 485 g/mol. The molecule has 4 atom stereocenters. The molecule has 14 heteroatoms. The number of nitrogens with two attached hydrogens (primary N) is 1. The molecule has 184 valence electrons. The molecule has 0 radical (unpaired) electrons. The van der Waals surface area contributed by atoms with Gasteiger partial charge in [-0.05, 0) is 27.7 Å². The third-order valence-corrected chi connectivity index (χ3v) is 6.61. The number of imidazole rings is 1. The van der Waals surface area contributed by atoms with Crippen LogP contribution in [0.3, 0.4) is 0 Å². The van der Waals surface area contributed by atoms with Crippen LogP contribution in [-0.2, 0) is 30.2 Å². The Balaban J connectivity index is 2.03. The molecule has 0 saturated carbocycles. The van der Waals surface area contributed by atoms with Crippen LogP contribution in [0, 0.1) is 5.92 Å². The minimum Gasteiger partial charge on any atom is -0.480 e. The highest BCUT2D eigenvalue weighted by Crippen LogP contribution is 2.37. The molecule has 13 nitrogen and oxygen atoms in total. The van der Waals surface area contributed by atoms with Gasteiger partial charge in [-0.25, -0.2) is 20.0 Å². The molecule has 2 heterocycles. The van der Waals surface area contributed by atoms with Crippen molar-refractivity contribution in [2.24, 2.45) is 5.92 Å². The Bertz CT molecular complexity index is 1010. The van der Waals surface area contributed by atoms with E-state index in [1.807, 2.05) is 0 Å². The molecule has 0 unspecified atom stereocenters. The average Bonchev–Trinajstić information content (AvgIpc) is 3.14. The third kappa shape index (κ3) is 7.74. The molecular formula is C19H32N7O6P. The van der Waals surface area contributed by atoms with Crippen molar-refractivity contribution < 1.29 is 28.7 Å². The van der Waals surface area contributed by atoms with E-state index in [2.05, 4.69) is 25.1 Å². The number of hydrogen-bond acceptors (Lipinski definition) is 9. The van der Waals surface area contributed by atoms with Crippen LogP contribution in [0.2, 0.25) is 0 Å². The molecule has 0 aromatic carbocycles. The smallest absolute Gasteiger partial charge is 0.320 e. The first-order valence-corrected chi connectivity index (χ1v) is 12.4. The lowest BCUT2D eigenvalue weighted by atomic mass is 10.2. The van der Waals surface area contributed by atoms with Crippen molar-refractivity contribution in [1.29, 1.82) is 0 Å². The monoisotopic (exact) mass is 485 g/mol. The first-order valence-electron chi connectivity index (χ1n) is 10.5. The third-order valence-electron chi connectivity index (χ3n) is 4.60. The van der Waals surface area contributed by atoms with E-state index in [0.29, 0.717) is 17.7 Å². The number of fused-ring (bicyclic) bond motifs is 1. The van der Waals surface area contributed by atoms with Crippen molar-refractivity contribution in [2.75, 3.05) is 18.6 Å². The van der Waals surface area contributed by atoms with Gasteiger partial charge in [0, 0.05) is 6.54 Å². The maximum Gasteiger partial charge on any atom is 0.320 e. The quantitative estimate of drug-likeness (QED) is 0.235. The number of rotatable bonds is 13. The second kappa shape index (κ2) is 11.5. The number of carbonyl (C=O) groups excluding carboxylic acids is 1. The van der Waals surface area contributed by atoms with Crippen LogP contribution in [0.1, 0.15) is 34.6 Å². The molecule has 0 amide bonds. The van der Waals surface area contributed by atoms with Crippen molar-refractivity contribution in [1.82, 2.24) is 29.7 Å². The summed E-state index contributed by atoms with van der Waals surface area (Å²) in [6.45, 7) is 8.59. The minimum absolute atomic E-state index is 0.0161. The van der Waals surface area contributed by atoms with Gasteiger partial charge < -0.3 is 24.9 Å². The Kier molecular flexibility index (Phi) is 9.29. The number of ether oxygens (including phenoxy) is 2. The van der Waals surface area contributed by atoms with E-state index in [1.54, 1.807) is 38.6 Å². The molecule has 0 aliphatic heterocycles. The van der Waals surface area contributed by atoms with E-state index < -0.39 is 37.4 Å². The summed E-state index contributed by atoms with van der Waals surface area (Å²) >= 11 is 0. The first kappa shape index (κ1) is 26.7. The number of aliphatic carboxylic acids is 1. The van der Waals surface area contributed by atoms with E-state index in [1.165, 1.54) is 13.3 Å². The van der Waals surface area contributed by atoms with Crippen LogP contribution < -0.4 is 15.9 Å². The van der Waals surface area contributed by atoms with Crippen molar-refractivity contribution in [2.45, 2.75) is 59.4 Å². The van der Waals surface area contributed by atoms with Gasteiger partial charge in [0.1, 0.15) is 24.2 Å². The predicted molar refractivity (Wildman–Crippen MR) is 121 cm³/mol. The van der Waals surface area contributed by atoms with Crippen LogP contribution >= 0.6 is 7.44 Å². The number of hydrogen-bond donors (Lipinski definition) is 4. The largest absolute Gasteiger partial charge is 0.480 e. The fourth-order valence-electron chi connectivity index (χ4n) is 2.81. The van der Waals surface area contributed by atoms with Crippen molar-refractivity contribution >= 4 is 36.4 Å². The highest BCUT2D eigenvalue weighted by Gasteiger charge is 2.30. The van der Waals surface area contributed by atoms with Crippen molar-refractivity contribution in [3.63, 3.8) is 0 Å². The SMILES string of the molecule is CC(C)OC(=O)[C@@H](C)CN[P@](=O)(CO[C@H](C)Cn1cnc2c(N)ncnc21)N[C@@H](C)C(=O)O. The Morgan fingerprint density at radius 3 is 2.55 bits per heavy atom. The van der Waals surface area contributed by atoms with Crippen LogP contribution in [0.5, 0.6) is 0 Å².